The maximum absolute atomic E-state index is 12.4. The summed E-state index contributed by atoms with van der Waals surface area (Å²) in [5.74, 6) is -0.566. The van der Waals surface area contributed by atoms with Crippen LogP contribution in [0.3, 0.4) is 0 Å². The van der Waals surface area contributed by atoms with Crippen molar-refractivity contribution in [3.8, 4) is 6.07 Å². The fourth-order valence-corrected chi connectivity index (χ4v) is 2.06. The number of nitrogens with zero attached hydrogens (tertiary/aromatic N) is 4. The van der Waals surface area contributed by atoms with Gasteiger partial charge >= 0.3 is 5.97 Å². The molecule has 27 heavy (non-hydrogen) atoms. The molecule has 0 radical (unpaired) electrons. The Morgan fingerprint density at radius 3 is 2.67 bits per heavy atom. The van der Waals surface area contributed by atoms with Gasteiger partial charge in [0.15, 0.2) is 5.69 Å². The molecule has 1 atom stereocenters. The summed E-state index contributed by atoms with van der Waals surface area (Å²) >= 11 is 0. The quantitative estimate of drug-likeness (QED) is 0.432. The second-order valence-corrected chi connectivity index (χ2v) is 6.71. The number of hydrogen-bond donors (Lipinski definition) is 0. The Bertz CT molecular complexity index is 903. The predicted octanol–water partition coefficient (Wildman–Crippen LogP) is 4.01. The first kappa shape index (κ1) is 20.0. The largest absolute Gasteiger partial charge is 0.462 e. The first-order valence-electron chi connectivity index (χ1n) is 8.35. The second kappa shape index (κ2) is 8.36. The highest BCUT2D eigenvalue weighted by atomic mass is 16.5. The van der Waals surface area contributed by atoms with Gasteiger partial charge in [-0.1, -0.05) is 32.0 Å². The van der Waals surface area contributed by atoms with Crippen LogP contribution in [-0.2, 0) is 10.2 Å². The lowest BCUT2D eigenvalue weighted by atomic mass is 9.93. The lowest BCUT2D eigenvalue weighted by Gasteiger charge is -2.12. The van der Waals surface area contributed by atoms with E-state index in [1.807, 2.05) is 20.8 Å². The van der Waals surface area contributed by atoms with E-state index in [1.165, 1.54) is 12.1 Å². The number of carbonyl (C=O) groups excluding carboxylic acids is 2. The number of ether oxygens (including phenoxy) is 1. The lowest BCUT2D eigenvalue weighted by Crippen LogP contribution is -2.16. The molecule has 140 valence electrons. The number of benzene rings is 1. The molecule has 1 heterocycles. The molecule has 0 bridgehead atoms. The number of esters is 1. The first-order valence-corrected chi connectivity index (χ1v) is 8.35. The van der Waals surface area contributed by atoms with Gasteiger partial charge in [-0.25, -0.2) is 4.79 Å². The van der Waals surface area contributed by atoms with E-state index in [4.69, 9.17) is 9.26 Å². The number of nitriles is 1. The molecule has 0 amide bonds. The maximum atomic E-state index is 12.4. The van der Waals surface area contributed by atoms with Crippen molar-refractivity contribution in [2.75, 3.05) is 6.61 Å². The number of Topliss-reactive ketones (excluding diaryl/α,β-unsaturated/α-hetero) is 1. The van der Waals surface area contributed by atoms with Gasteiger partial charge < -0.3 is 9.26 Å². The van der Waals surface area contributed by atoms with Crippen LogP contribution in [0.25, 0.3) is 0 Å². The van der Waals surface area contributed by atoms with E-state index in [0.29, 0.717) is 17.0 Å². The molecule has 0 aliphatic heterocycles. The van der Waals surface area contributed by atoms with Crippen molar-refractivity contribution < 1.29 is 18.8 Å². The number of carbonyl (C=O) groups is 2. The van der Waals surface area contributed by atoms with Gasteiger partial charge in [0.05, 0.1) is 17.9 Å². The minimum absolute atomic E-state index is 0.0192. The molecule has 0 aliphatic rings. The van der Waals surface area contributed by atoms with E-state index in [9.17, 15) is 14.9 Å². The summed E-state index contributed by atoms with van der Waals surface area (Å²) in [7, 11) is 0. The molecule has 0 aliphatic carbocycles. The van der Waals surface area contributed by atoms with Gasteiger partial charge in [-0.05, 0) is 25.1 Å². The lowest BCUT2D eigenvalue weighted by molar-refractivity contribution is 0.0526. The normalized spacial score (nSPS) is 12.6. The van der Waals surface area contributed by atoms with E-state index in [-0.39, 0.29) is 17.7 Å². The zero-order valence-corrected chi connectivity index (χ0v) is 15.6. The second-order valence-electron chi connectivity index (χ2n) is 6.71. The van der Waals surface area contributed by atoms with Gasteiger partial charge in [-0.15, -0.1) is 0 Å². The molecule has 0 saturated heterocycles. The molecule has 1 aromatic carbocycles. The summed E-state index contributed by atoms with van der Waals surface area (Å²) in [5, 5.41) is 20.7. The molecule has 0 spiro atoms. The van der Waals surface area contributed by atoms with E-state index >= 15 is 0 Å². The van der Waals surface area contributed by atoms with Crippen molar-refractivity contribution in [3.05, 3.63) is 47.3 Å². The molecule has 8 nitrogen and oxygen atoms in total. The molecule has 8 heteroatoms. The number of ketones is 1. The van der Waals surface area contributed by atoms with Crippen LogP contribution in [0, 0.1) is 11.3 Å². The molecule has 2 rings (SSSR count). The van der Waals surface area contributed by atoms with E-state index in [0.717, 1.165) is 0 Å². The Hall–Kier alpha value is -3.34. The van der Waals surface area contributed by atoms with Crippen LogP contribution in [0.15, 0.2) is 45.1 Å². The van der Waals surface area contributed by atoms with Crippen molar-refractivity contribution in [2.45, 2.75) is 39.2 Å². The summed E-state index contributed by atoms with van der Waals surface area (Å²) in [5.41, 5.74) is 0.331. The van der Waals surface area contributed by atoms with Crippen molar-refractivity contribution >= 4 is 17.4 Å². The molecule has 0 fully saturated rings. The Morgan fingerprint density at radius 1 is 1.33 bits per heavy atom. The topological polar surface area (TPSA) is 118 Å². The third kappa shape index (κ3) is 5.07. The van der Waals surface area contributed by atoms with Gasteiger partial charge in [0, 0.05) is 11.5 Å². The summed E-state index contributed by atoms with van der Waals surface area (Å²) < 4.78 is 10.1. The zero-order valence-electron chi connectivity index (χ0n) is 15.6. The average molecular weight is 368 g/mol. The summed E-state index contributed by atoms with van der Waals surface area (Å²) in [6.45, 7) is 7.71. The number of rotatable bonds is 6. The predicted molar refractivity (Wildman–Crippen MR) is 95.8 cm³/mol. The highest BCUT2D eigenvalue weighted by Gasteiger charge is 2.26. The molecular formula is C19H20N4O4. The van der Waals surface area contributed by atoms with Crippen molar-refractivity contribution in [1.29, 1.82) is 5.26 Å². The average Bonchev–Trinajstić information content (AvgIpc) is 3.13. The zero-order chi connectivity index (χ0) is 20.0. The molecule has 1 unspecified atom stereocenters. The van der Waals surface area contributed by atoms with Crippen LogP contribution < -0.4 is 0 Å². The van der Waals surface area contributed by atoms with Gasteiger partial charge in [0.2, 0.25) is 11.8 Å². The Morgan fingerprint density at radius 2 is 2.07 bits per heavy atom. The number of azo groups is 1. The molecule has 2 aromatic rings. The van der Waals surface area contributed by atoms with Crippen LogP contribution in [0.4, 0.5) is 5.69 Å². The molecule has 0 saturated carbocycles. The first-order chi connectivity index (χ1) is 12.8. The van der Waals surface area contributed by atoms with Crippen LogP contribution in [0.2, 0.25) is 0 Å². The summed E-state index contributed by atoms with van der Waals surface area (Å²) in [6.07, 6.45) is 0. The van der Waals surface area contributed by atoms with Crippen molar-refractivity contribution in [2.24, 2.45) is 10.2 Å². The molecule has 1 aromatic heterocycles. The van der Waals surface area contributed by atoms with Gasteiger partial charge in [-0.2, -0.15) is 15.5 Å². The van der Waals surface area contributed by atoms with Crippen LogP contribution in [0.5, 0.6) is 0 Å². The van der Waals surface area contributed by atoms with Crippen LogP contribution in [-0.4, -0.2) is 29.6 Å². The monoisotopic (exact) mass is 368 g/mol. The number of aromatic nitrogens is 1. The van der Waals surface area contributed by atoms with Crippen molar-refractivity contribution in [1.82, 2.24) is 5.16 Å². The summed E-state index contributed by atoms with van der Waals surface area (Å²) in [6, 6.07) is 8.18. The van der Waals surface area contributed by atoms with Crippen molar-refractivity contribution in [3.63, 3.8) is 0 Å². The fourth-order valence-electron chi connectivity index (χ4n) is 2.06. The standard InChI is InChI=1S/C19H20N4O4/c1-5-26-18(25)12-7-6-8-13(9-12)21-22-15(11-20)17(24)14-10-16(27-23-14)19(2,3)4/h6-10,15H,5H2,1-4H3. The third-order valence-corrected chi connectivity index (χ3v) is 3.52. The Balaban J connectivity index is 2.18. The molecule has 0 N–H and O–H groups in total. The third-order valence-electron chi connectivity index (χ3n) is 3.52. The van der Waals surface area contributed by atoms with Gasteiger partial charge in [0.1, 0.15) is 11.8 Å². The van der Waals surface area contributed by atoms with Gasteiger partial charge in [0.25, 0.3) is 0 Å². The highest BCUT2D eigenvalue weighted by molar-refractivity contribution is 6.00. The van der Waals surface area contributed by atoms with Gasteiger partial charge in [-0.3, -0.25) is 4.79 Å². The SMILES string of the molecule is CCOC(=O)c1cccc(N=NC(C#N)C(=O)c2cc(C(C)(C)C)on2)c1. The fraction of sp³-hybridized carbons (Fsp3) is 0.368. The van der Waals surface area contributed by atoms with E-state index in [2.05, 4.69) is 15.4 Å². The van der Waals surface area contributed by atoms with E-state index < -0.39 is 17.8 Å². The molecular weight excluding hydrogens is 348 g/mol. The van der Waals surface area contributed by atoms with Crippen LogP contribution in [0.1, 0.15) is 54.3 Å². The van der Waals surface area contributed by atoms with E-state index in [1.54, 1.807) is 31.2 Å². The minimum atomic E-state index is -1.37. The highest BCUT2D eigenvalue weighted by Crippen LogP contribution is 2.23. The smallest absolute Gasteiger partial charge is 0.338 e. The Kier molecular flexibility index (Phi) is 6.19. The minimum Gasteiger partial charge on any atom is -0.462 e. The Labute approximate surface area is 156 Å². The number of hydrogen-bond acceptors (Lipinski definition) is 8. The van der Waals surface area contributed by atoms with Crippen LogP contribution >= 0.6 is 0 Å². The summed E-state index contributed by atoms with van der Waals surface area (Å²) in [4.78, 5) is 24.2. The maximum Gasteiger partial charge on any atom is 0.338 e.